The first-order valence-corrected chi connectivity index (χ1v) is 9.48. The number of amides is 1. The minimum absolute atomic E-state index is 0.262. The fourth-order valence-corrected chi connectivity index (χ4v) is 4.07. The van der Waals surface area contributed by atoms with Gasteiger partial charge in [-0.05, 0) is 58.1 Å². The third-order valence-electron chi connectivity index (χ3n) is 5.08. The molecule has 5 rings (SSSR count). The molecule has 1 aliphatic carbocycles. The number of aromatic nitrogens is 4. The summed E-state index contributed by atoms with van der Waals surface area (Å²) in [6.45, 7) is 1.72. The lowest BCUT2D eigenvalue weighted by molar-refractivity contribution is -0.117. The van der Waals surface area contributed by atoms with E-state index in [9.17, 15) is 13.6 Å². The third kappa shape index (κ3) is 2.61. The minimum Gasteiger partial charge on any atom is -0.309 e. The van der Waals surface area contributed by atoms with E-state index in [0.29, 0.717) is 21.4 Å². The number of pyridine rings is 1. The van der Waals surface area contributed by atoms with E-state index >= 15 is 0 Å². The molecule has 9 heteroatoms. The molecule has 142 valence electrons. The summed E-state index contributed by atoms with van der Waals surface area (Å²) < 4.78 is 29.7. The molecule has 0 spiro atoms. The van der Waals surface area contributed by atoms with Crippen LogP contribution in [0, 0.1) is 18.7 Å². The third-order valence-corrected chi connectivity index (χ3v) is 5.82. The van der Waals surface area contributed by atoms with Crippen LogP contribution < -0.4 is 5.32 Å². The second kappa shape index (κ2) is 6.10. The van der Waals surface area contributed by atoms with Crippen molar-refractivity contribution in [3.05, 3.63) is 46.4 Å². The smallest absolute Gasteiger partial charge is 0.231 e. The van der Waals surface area contributed by atoms with Gasteiger partial charge in [-0.2, -0.15) is 10.2 Å². The summed E-state index contributed by atoms with van der Waals surface area (Å²) in [7, 11) is 0. The van der Waals surface area contributed by atoms with Crippen LogP contribution >= 0.6 is 15.9 Å². The Morgan fingerprint density at radius 3 is 2.96 bits per heavy atom. The van der Waals surface area contributed by atoms with E-state index in [1.165, 1.54) is 0 Å². The minimum atomic E-state index is -1.06. The van der Waals surface area contributed by atoms with Crippen molar-refractivity contribution in [2.75, 3.05) is 5.32 Å². The van der Waals surface area contributed by atoms with Gasteiger partial charge in [-0.3, -0.25) is 9.89 Å². The lowest BCUT2D eigenvalue weighted by atomic mass is 9.97. The van der Waals surface area contributed by atoms with Gasteiger partial charge in [0.05, 0.1) is 27.6 Å². The number of hydrogen-bond acceptors (Lipinski definition) is 3. The molecular formula is C19H14BrF2N5O. The number of hydrogen-bond donors (Lipinski definition) is 2. The van der Waals surface area contributed by atoms with Gasteiger partial charge in [0.15, 0.2) is 5.82 Å². The van der Waals surface area contributed by atoms with Crippen LogP contribution in [0.5, 0.6) is 0 Å². The van der Waals surface area contributed by atoms with Crippen LogP contribution in [-0.2, 0) is 4.79 Å². The number of halogens is 3. The number of nitrogens with zero attached hydrogens (tertiary/aromatic N) is 3. The maximum absolute atomic E-state index is 14.7. The number of H-pyrrole nitrogens is 1. The first-order valence-electron chi connectivity index (χ1n) is 8.69. The lowest BCUT2D eigenvalue weighted by Gasteiger charge is -2.11. The number of carbonyl (C=O) groups is 1. The van der Waals surface area contributed by atoms with Crippen molar-refractivity contribution in [2.45, 2.75) is 19.5 Å². The van der Waals surface area contributed by atoms with Crippen molar-refractivity contribution in [1.29, 1.82) is 0 Å². The van der Waals surface area contributed by atoms with Gasteiger partial charge in [-0.25, -0.2) is 13.3 Å². The van der Waals surface area contributed by atoms with E-state index in [-0.39, 0.29) is 18.1 Å². The Morgan fingerprint density at radius 2 is 2.21 bits per heavy atom. The zero-order chi connectivity index (χ0) is 19.6. The molecule has 0 unspecified atom stereocenters. The number of fused-ring (bicyclic) bond motifs is 2. The molecule has 28 heavy (non-hydrogen) atoms. The van der Waals surface area contributed by atoms with Crippen molar-refractivity contribution in [2.24, 2.45) is 5.92 Å². The molecule has 4 aromatic rings. The Morgan fingerprint density at radius 1 is 1.43 bits per heavy atom. The predicted octanol–water partition coefficient (Wildman–Crippen LogP) is 4.38. The zero-order valence-electron chi connectivity index (χ0n) is 14.6. The first kappa shape index (κ1) is 17.3. The summed E-state index contributed by atoms with van der Waals surface area (Å²) >= 11 is 3.28. The van der Waals surface area contributed by atoms with Gasteiger partial charge in [-0.1, -0.05) is 0 Å². The average Bonchev–Trinajstić information content (AvgIpc) is 3.06. The molecule has 3 heterocycles. The summed E-state index contributed by atoms with van der Waals surface area (Å²) in [5, 5.41) is 14.6. The molecule has 2 atom stereocenters. The van der Waals surface area contributed by atoms with Gasteiger partial charge >= 0.3 is 0 Å². The summed E-state index contributed by atoms with van der Waals surface area (Å²) in [4.78, 5) is 11.9. The van der Waals surface area contributed by atoms with Crippen molar-refractivity contribution in [3.63, 3.8) is 0 Å². The fraction of sp³-hybridized carbons (Fsp3) is 0.211. The number of aromatic amines is 1. The highest BCUT2D eigenvalue weighted by molar-refractivity contribution is 9.10. The van der Waals surface area contributed by atoms with Crippen LogP contribution in [0.15, 0.2) is 35.1 Å². The van der Waals surface area contributed by atoms with Crippen LogP contribution in [-0.4, -0.2) is 31.9 Å². The van der Waals surface area contributed by atoms with E-state index in [0.717, 1.165) is 22.0 Å². The largest absolute Gasteiger partial charge is 0.309 e. The fourth-order valence-electron chi connectivity index (χ4n) is 3.47. The summed E-state index contributed by atoms with van der Waals surface area (Å²) in [6, 6.07) is 5.39. The maximum atomic E-state index is 14.7. The van der Waals surface area contributed by atoms with Gasteiger partial charge in [0, 0.05) is 17.6 Å². The highest BCUT2D eigenvalue weighted by Gasteiger charge is 2.43. The molecule has 1 fully saturated rings. The Kier molecular flexibility index (Phi) is 3.77. The first-order chi connectivity index (χ1) is 13.4. The Labute approximate surface area is 166 Å². The Hall–Kier alpha value is -2.81. The number of anilines is 1. The highest BCUT2D eigenvalue weighted by Crippen LogP contribution is 2.38. The van der Waals surface area contributed by atoms with Crippen LogP contribution in [0.4, 0.5) is 14.6 Å². The monoisotopic (exact) mass is 445 g/mol. The summed E-state index contributed by atoms with van der Waals surface area (Å²) in [5.74, 6) is -0.933. The average molecular weight is 446 g/mol. The van der Waals surface area contributed by atoms with E-state index < -0.39 is 12.1 Å². The molecule has 0 aliphatic heterocycles. The van der Waals surface area contributed by atoms with Gasteiger partial charge < -0.3 is 5.32 Å². The molecule has 6 nitrogen and oxygen atoms in total. The van der Waals surface area contributed by atoms with Gasteiger partial charge in [-0.15, -0.1) is 0 Å². The molecule has 1 aromatic carbocycles. The van der Waals surface area contributed by atoms with Crippen LogP contribution in [0.3, 0.4) is 0 Å². The molecule has 2 N–H and O–H groups in total. The number of alkyl halides is 1. The summed E-state index contributed by atoms with van der Waals surface area (Å²) in [6.07, 6.45) is 2.60. The lowest BCUT2D eigenvalue weighted by Crippen LogP contribution is -2.15. The van der Waals surface area contributed by atoms with E-state index in [4.69, 9.17) is 0 Å². The molecule has 1 amide bonds. The molecule has 0 radical (unpaired) electrons. The summed E-state index contributed by atoms with van der Waals surface area (Å²) in [5.41, 5.74) is 3.34. The molecular weight excluding hydrogens is 432 g/mol. The predicted molar refractivity (Wildman–Crippen MR) is 104 cm³/mol. The molecule has 0 bridgehead atoms. The van der Waals surface area contributed by atoms with Crippen LogP contribution in [0.2, 0.25) is 0 Å². The molecule has 3 aromatic heterocycles. The second-order valence-electron chi connectivity index (χ2n) is 6.95. The topological polar surface area (TPSA) is 75.1 Å². The van der Waals surface area contributed by atoms with E-state index in [1.807, 2.05) is 12.1 Å². The van der Waals surface area contributed by atoms with Gasteiger partial charge in [0.2, 0.25) is 5.91 Å². The van der Waals surface area contributed by atoms with E-state index in [1.54, 1.807) is 29.9 Å². The van der Waals surface area contributed by atoms with Crippen molar-refractivity contribution in [3.8, 4) is 11.1 Å². The maximum Gasteiger partial charge on any atom is 0.231 e. The van der Waals surface area contributed by atoms with Crippen molar-refractivity contribution >= 4 is 44.1 Å². The Bertz CT molecular complexity index is 1260. The second-order valence-corrected chi connectivity index (χ2v) is 7.74. The Balaban J connectivity index is 1.58. The standard InChI is InChI=1S/C19H14BrF2N5O/c1-8-15(12-7-23-25-18(12)16(20)17(8)22)9-2-3-27-10(4-9)5-14(26-27)24-19(28)11-6-13(11)21/h2-5,7,11,13H,6H2,1H3,(H,23,25)(H,24,26,28)/t11-,13+/m1/s1. The molecule has 0 saturated heterocycles. The SMILES string of the molecule is Cc1c(F)c(Br)c2[nH]ncc2c1-c1ccn2nc(NC(=O)[C@@H]3C[C@@H]3F)cc2c1. The molecule has 1 saturated carbocycles. The normalized spacial score (nSPS) is 18.7. The van der Waals surface area contributed by atoms with Crippen LogP contribution in [0.1, 0.15) is 12.0 Å². The number of benzene rings is 1. The number of nitrogens with one attached hydrogen (secondary N) is 2. The zero-order valence-corrected chi connectivity index (χ0v) is 16.2. The van der Waals surface area contributed by atoms with Crippen molar-refractivity contribution < 1.29 is 13.6 Å². The molecule has 1 aliphatic rings. The number of rotatable bonds is 3. The van der Waals surface area contributed by atoms with Crippen molar-refractivity contribution in [1.82, 2.24) is 19.8 Å². The van der Waals surface area contributed by atoms with Gasteiger partial charge in [0.25, 0.3) is 0 Å². The quantitative estimate of drug-likeness (QED) is 0.491. The number of carbonyl (C=O) groups excluding carboxylic acids is 1. The van der Waals surface area contributed by atoms with E-state index in [2.05, 4.69) is 36.5 Å². The van der Waals surface area contributed by atoms with Crippen LogP contribution in [0.25, 0.3) is 27.5 Å². The van der Waals surface area contributed by atoms with Gasteiger partial charge in [0.1, 0.15) is 12.0 Å². The highest BCUT2D eigenvalue weighted by atomic mass is 79.9.